The van der Waals surface area contributed by atoms with Crippen molar-refractivity contribution < 1.29 is 22.7 Å². The first kappa shape index (κ1) is 23.0. The molecular formula is C20H9BrCl2F3N3O2. The molecule has 0 aliphatic carbocycles. The SMILES string of the molecule is [C-]#[N+]c1cc(Oc2c(Br)ccc(CC(=O)c3cnc(Cl)nc3Cl)c2F)cc(C(F)F)c1. The Morgan fingerprint density at radius 3 is 2.65 bits per heavy atom. The van der Waals surface area contributed by atoms with Gasteiger partial charge in [-0.2, -0.15) is 0 Å². The van der Waals surface area contributed by atoms with Gasteiger partial charge in [0.25, 0.3) is 6.43 Å². The molecule has 5 nitrogen and oxygen atoms in total. The van der Waals surface area contributed by atoms with Crippen LogP contribution in [0.25, 0.3) is 4.85 Å². The molecule has 31 heavy (non-hydrogen) atoms. The van der Waals surface area contributed by atoms with Crippen molar-refractivity contribution in [1.82, 2.24) is 9.97 Å². The summed E-state index contributed by atoms with van der Waals surface area (Å²) in [5.74, 6) is -1.93. The molecule has 2 aromatic carbocycles. The third-order valence-corrected chi connectivity index (χ3v) is 5.10. The molecule has 0 aliphatic rings. The zero-order valence-corrected chi connectivity index (χ0v) is 18.3. The highest BCUT2D eigenvalue weighted by atomic mass is 79.9. The van der Waals surface area contributed by atoms with Crippen molar-refractivity contribution in [1.29, 1.82) is 0 Å². The molecule has 1 heterocycles. The van der Waals surface area contributed by atoms with Crippen LogP contribution in [0.3, 0.4) is 0 Å². The van der Waals surface area contributed by atoms with Crippen molar-refractivity contribution in [2.75, 3.05) is 0 Å². The third kappa shape index (κ3) is 5.34. The van der Waals surface area contributed by atoms with Crippen LogP contribution in [0.15, 0.2) is 41.0 Å². The lowest BCUT2D eigenvalue weighted by Crippen LogP contribution is -2.08. The minimum atomic E-state index is -2.84. The predicted octanol–water partition coefficient (Wildman–Crippen LogP) is 7.39. The topological polar surface area (TPSA) is 56.4 Å². The Morgan fingerprint density at radius 1 is 1.26 bits per heavy atom. The summed E-state index contributed by atoms with van der Waals surface area (Å²) >= 11 is 14.6. The molecule has 11 heteroatoms. The van der Waals surface area contributed by atoms with E-state index in [4.69, 9.17) is 34.5 Å². The number of halogens is 6. The molecule has 3 aromatic rings. The zero-order chi connectivity index (χ0) is 22.7. The van der Waals surface area contributed by atoms with Crippen LogP contribution in [-0.2, 0) is 6.42 Å². The smallest absolute Gasteiger partial charge is 0.262 e. The summed E-state index contributed by atoms with van der Waals surface area (Å²) in [6.45, 7) is 7.04. The maximum absolute atomic E-state index is 15.1. The molecule has 0 aliphatic heterocycles. The van der Waals surface area contributed by atoms with Crippen LogP contribution in [0.4, 0.5) is 18.9 Å². The third-order valence-electron chi connectivity index (χ3n) is 4.01. The molecule has 0 amide bonds. The molecule has 0 atom stereocenters. The Hall–Kier alpha value is -2.67. The molecule has 0 radical (unpaired) electrons. The molecule has 0 spiro atoms. The molecule has 158 valence electrons. The highest BCUT2D eigenvalue weighted by molar-refractivity contribution is 9.10. The summed E-state index contributed by atoms with van der Waals surface area (Å²) < 4.78 is 46.9. The first-order valence-electron chi connectivity index (χ1n) is 8.36. The summed E-state index contributed by atoms with van der Waals surface area (Å²) in [7, 11) is 0. The fourth-order valence-corrected chi connectivity index (χ4v) is 3.37. The van der Waals surface area contributed by atoms with Crippen LogP contribution in [0.2, 0.25) is 10.4 Å². The Morgan fingerprint density at radius 2 is 2.00 bits per heavy atom. The van der Waals surface area contributed by atoms with Gasteiger partial charge in [0.15, 0.2) is 23.0 Å². The van der Waals surface area contributed by atoms with Gasteiger partial charge in [-0.1, -0.05) is 17.7 Å². The monoisotopic (exact) mass is 529 g/mol. The highest BCUT2D eigenvalue weighted by Gasteiger charge is 2.20. The van der Waals surface area contributed by atoms with E-state index in [2.05, 4.69) is 30.7 Å². The molecular weight excluding hydrogens is 522 g/mol. The van der Waals surface area contributed by atoms with Crippen molar-refractivity contribution in [3.05, 3.63) is 85.4 Å². The molecule has 0 bridgehead atoms. The van der Waals surface area contributed by atoms with Crippen molar-refractivity contribution >= 4 is 50.6 Å². The minimum absolute atomic E-state index is 0.0374. The van der Waals surface area contributed by atoms with Gasteiger partial charge in [-0.3, -0.25) is 4.79 Å². The number of ketones is 1. The average molecular weight is 531 g/mol. The van der Waals surface area contributed by atoms with Crippen LogP contribution in [0.5, 0.6) is 11.5 Å². The highest BCUT2D eigenvalue weighted by Crippen LogP contribution is 2.37. The zero-order valence-electron chi connectivity index (χ0n) is 15.2. The van der Waals surface area contributed by atoms with Crippen LogP contribution in [0, 0.1) is 12.4 Å². The number of carbonyl (C=O) groups excluding carboxylic acids is 1. The summed E-state index contributed by atoms with van der Waals surface area (Å²) in [5, 5.41) is -0.314. The van der Waals surface area contributed by atoms with Gasteiger partial charge in [-0.15, -0.1) is 0 Å². The van der Waals surface area contributed by atoms with Gasteiger partial charge < -0.3 is 4.74 Å². The molecule has 0 N–H and O–H groups in total. The van der Waals surface area contributed by atoms with E-state index in [1.54, 1.807) is 0 Å². The Labute approximate surface area is 192 Å². The number of carbonyl (C=O) groups is 1. The van der Waals surface area contributed by atoms with Crippen molar-refractivity contribution in [2.24, 2.45) is 0 Å². The van der Waals surface area contributed by atoms with E-state index >= 15 is 4.39 Å². The fraction of sp³-hybridized carbons (Fsp3) is 0.100. The largest absolute Gasteiger partial charge is 0.454 e. The van der Waals surface area contributed by atoms with Crippen molar-refractivity contribution in [3.63, 3.8) is 0 Å². The normalized spacial score (nSPS) is 10.8. The van der Waals surface area contributed by atoms with Gasteiger partial charge in [0, 0.05) is 18.2 Å². The van der Waals surface area contributed by atoms with Gasteiger partial charge in [0.2, 0.25) is 5.28 Å². The molecule has 0 fully saturated rings. The van der Waals surface area contributed by atoms with Crippen LogP contribution < -0.4 is 4.74 Å². The first-order valence-corrected chi connectivity index (χ1v) is 9.91. The number of Topliss-reactive ketones (excluding diaryl/α,β-unsaturated/α-hetero) is 1. The lowest BCUT2D eigenvalue weighted by Gasteiger charge is -2.13. The van der Waals surface area contributed by atoms with Crippen LogP contribution in [0.1, 0.15) is 27.9 Å². The first-order chi connectivity index (χ1) is 14.7. The average Bonchev–Trinajstić information content (AvgIpc) is 2.72. The standard InChI is InChI=1S/C20H9BrCl2F3N3O2/c1-27-11-4-10(19(25)26)5-12(7-11)31-17-14(21)3-2-9(16(17)24)6-15(30)13-8-28-20(23)29-18(13)22/h2-5,7-8,19H,6H2. The predicted molar refractivity (Wildman–Crippen MR) is 112 cm³/mol. The second-order valence-corrected chi connectivity index (χ2v) is 7.62. The molecule has 0 unspecified atom stereocenters. The van der Waals surface area contributed by atoms with Gasteiger partial charge in [0.05, 0.1) is 16.6 Å². The Balaban J connectivity index is 1.94. The lowest BCUT2D eigenvalue weighted by atomic mass is 10.0. The van der Waals surface area contributed by atoms with E-state index < -0.39 is 30.0 Å². The number of nitrogens with zero attached hydrogens (tertiary/aromatic N) is 3. The number of hydrogen-bond acceptors (Lipinski definition) is 4. The number of benzene rings is 2. The van der Waals surface area contributed by atoms with E-state index in [9.17, 15) is 13.6 Å². The maximum Gasteiger partial charge on any atom is 0.262 e. The Bertz CT molecular complexity index is 1220. The van der Waals surface area contributed by atoms with Crippen LogP contribution >= 0.6 is 39.1 Å². The number of aromatic nitrogens is 2. The second-order valence-electron chi connectivity index (χ2n) is 6.07. The van der Waals surface area contributed by atoms with Crippen LogP contribution in [-0.4, -0.2) is 15.8 Å². The van der Waals surface area contributed by atoms with E-state index in [0.29, 0.717) is 0 Å². The lowest BCUT2D eigenvalue weighted by molar-refractivity contribution is 0.0991. The number of ether oxygens (including phenoxy) is 1. The van der Waals surface area contributed by atoms with Gasteiger partial charge >= 0.3 is 0 Å². The summed E-state index contributed by atoms with van der Waals surface area (Å²) in [4.78, 5) is 23.0. The van der Waals surface area contributed by atoms with E-state index in [1.165, 1.54) is 18.2 Å². The van der Waals surface area contributed by atoms with E-state index in [-0.39, 0.29) is 43.2 Å². The molecule has 0 saturated heterocycles. The number of hydrogen-bond donors (Lipinski definition) is 0. The van der Waals surface area contributed by atoms with Crippen molar-refractivity contribution in [2.45, 2.75) is 12.8 Å². The maximum atomic E-state index is 15.1. The van der Waals surface area contributed by atoms with Gasteiger partial charge in [0.1, 0.15) is 10.9 Å². The molecule has 3 rings (SSSR count). The number of alkyl halides is 2. The van der Waals surface area contributed by atoms with E-state index in [1.807, 2.05) is 0 Å². The van der Waals surface area contributed by atoms with Gasteiger partial charge in [-0.25, -0.2) is 28.0 Å². The quantitative estimate of drug-likeness (QED) is 0.144. The van der Waals surface area contributed by atoms with Crippen molar-refractivity contribution in [3.8, 4) is 11.5 Å². The Kier molecular flexibility index (Phi) is 7.15. The number of rotatable bonds is 6. The molecule has 0 saturated carbocycles. The minimum Gasteiger partial charge on any atom is -0.454 e. The molecule has 1 aromatic heterocycles. The second kappa shape index (κ2) is 9.64. The summed E-state index contributed by atoms with van der Waals surface area (Å²) in [6.07, 6.45) is -2.10. The van der Waals surface area contributed by atoms with E-state index in [0.717, 1.165) is 18.3 Å². The fourth-order valence-electron chi connectivity index (χ4n) is 2.57. The summed E-state index contributed by atoms with van der Waals surface area (Å²) in [6, 6.07) is 6.02. The van der Waals surface area contributed by atoms with Gasteiger partial charge in [-0.05, 0) is 57.4 Å². The summed E-state index contributed by atoms with van der Waals surface area (Å²) in [5.41, 5.74) is -0.608.